The highest BCUT2D eigenvalue weighted by molar-refractivity contribution is 6.30. The maximum atomic E-state index is 11.1. The molecule has 0 aliphatic rings. The Bertz CT molecular complexity index is 795. The highest BCUT2D eigenvalue weighted by Crippen LogP contribution is 2.22. The number of carboxylic acid groups (broad SMARTS) is 1. The Labute approximate surface area is 119 Å². The van der Waals surface area contributed by atoms with Gasteiger partial charge in [-0.1, -0.05) is 29.8 Å². The summed E-state index contributed by atoms with van der Waals surface area (Å²) < 4.78 is 5.57. The van der Waals surface area contributed by atoms with E-state index in [9.17, 15) is 4.79 Å². The van der Waals surface area contributed by atoms with Crippen LogP contribution in [0.3, 0.4) is 0 Å². The number of oxazole rings is 1. The normalized spacial score (nSPS) is 10.8. The molecular formula is C15H10ClNO3. The summed E-state index contributed by atoms with van der Waals surface area (Å²) in [6.07, 6.45) is 0.467. The zero-order valence-corrected chi connectivity index (χ0v) is 11.1. The molecule has 100 valence electrons. The molecule has 0 fully saturated rings. The van der Waals surface area contributed by atoms with Gasteiger partial charge in [-0.2, -0.15) is 0 Å². The molecule has 1 N–H and O–H groups in total. The molecule has 0 amide bonds. The average Bonchev–Trinajstić information content (AvgIpc) is 2.80. The van der Waals surface area contributed by atoms with E-state index in [0.29, 0.717) is 28.4 Å². The molecule has 0 unspecified atom stereocenters. The Morgan fingerprint density at radius 2 is 2.05 bits per heavy atom. The standard InChI is InChI=1S/C15H10ClNO3/c16-10-4-1-3-9(7-10)8-13-17-12-6-2-5-11(15(18)19)14(12)20-13/h1-7H,8H2,(H,18,19). The fraction of sp³-hybridized carbons (Fsp3) is 0.0667. The van der Waals surface area contributed by atoms with Crippen molar-refractivity contribution in [1.82, 2.24) is 4.98 Å². The van der Waals surface area contributed by atoms with Crippen LogP contribution in [-0.2, 0) is 6.42 Å². The number of hydrogen-bond acceptors (Lipinski definition) is 3. The summed E-state index contributed by atoms with van der Waals surface area (Å²) >= 11 is 5.93. The second-order valence-corrected chi connectivity index (χ2v) is 4.81. The van der Waals surface area contributed by atoms with Crippen LogP contribution in [0.1, 0.15) is 21.8 Å². The number of para-hydroxylation sites is 1. The van der Waals surface area contributed by atoms with Crippen molar-refractivity contribution in [3.63, 3.8) is 0 Å². The number of benzene rings is 2. The Balaban J connectivity index is 2.01. The van der Waals surface area contributed by atoms with Crippen LogP contribution in [0.4, 0.5) is 0 Å². The Hall–Kier alpha value is -2.33. The maximum absolute atomic E-state index is 11.1. The van der Waals surface area contributed by atoms with Crippen LogP contribution in [0.15, 0.2) is 46.9 Å². The molecular weight excluding hydrogens is 278 g/mol. The molecule has 0 bridgehead atoms. The monoisotopic (exact) mass is 287 g/mol. The fourth-order valence-electron chi connectivity index (χ4n) is 2.06. The third-order valence-corrected chi connectivity index (χ3v) is 3.17. The summed E-state index contributed by atoms with van der Waals surface area (Å²) in [6, 6.07) is 12.3. The molecule has 1 aromatic heterocycles. The predicted molar refractivity (Wildman–Crippen MR) is 75.2 cm³/mol. The molecule has 0 radical (unpaired) electrons. The van der Waals surface area contributed by atoms with E-state index in [-0.39, 0.29) is 5.56 Å². The van der Waals surface area contributed by atoms with Crippen molar-refractivity contribution >= 4 is 28.7 Å². The molecule has 4 nitrogen and oxygen atoms in total. The SMILES string of the molecule is O=C(O)c1cccc2nc(Cc3cccc(Cl)c3)oc12. The van der Waals surface area contributed by atoms with E-state index in [1.54, 1.807) is 18.2 Å². The number of aromatic carboxylic acids is 1. The van der Waals surface area contributed by atoms with Gasteiger partial charge in [0.15, 0.2) is 11.5 Å². The highest BCUT2D eigenvalue weighted by Gasteiger charge is 2.14. The lowest BCUT2D eigenvalue weighted by Gasteiger charge is -1.97. The topological polar surface area (TPSA) is 63.3 Å². The van der Waals surface area contributed by atoms with E-state index in [0.717, 1.165) is 5.56 Å². The lowest BCUT2D eigenvalue weighted by molar-refractivity contribution is 0.0698. The van der Waals surface area contributed by atoms with Crippen molar-refractivity contribution < 1.29 is 14.3 Å². The Kier molecular flexibility index (Phi) is 3.16. The summed E-state index contributed by atoms with van der Waals surface area (Å²) in [5.74, 6) is -0.558. The van der Waals surface area contributed by atoms with E-state index in [4.69, 9.17) is 21.1 Å². The first kappa shape index (κ1) is 12.7. The van der Waals surface area contributed by atoms with Gasteiger partial charge in [0.1, 0.15) is 11.1 Å². The number of fused-ring (bicyclic) bond motifs is 1. The van der Waals surface area contributed by atoms with Gasteiger partial charge in [0.05, 0.1) is 0 Å². The quantitative estimate of drug-likeness (QED) is 0.796. The molecule has 0 saturated heterocycles. The van der Waals surface area contributed by atoms with E-state index >= 15 is 0 Å². The lowest BCUT2D eigenvalue weighted by Crippen LogP contribution is -1.95. The van der Waals surface area contributed by atoms with Gasteiger partial charge in [-0.15, -0.1) is 0 Å². The predicted octanol–water partition coefficient (Wildman–Crippen LogP) is 3.77. The van der Waals surface area contributed by atoms with Gasteiger partial charge in [0.25, 0.3) is 0 Å². The van der Waals surface area contributed by atoms with Gasteiger partial charge >= 0.3 is 5.97 Å². The van der Waals surface area contributed by atoms with Crippen LogP contribution < -0.4 is 0 Å². The number of carbonyl (C=O) groups is 1. The number of nitrogens with zero attached hydrogens (tertiary/aromatic N) is 1. The van der Waals surface area contributed by atoms with E-state index in [1.165, 1.54) is 6.07 Å². The van der Waals surface area contributed by atoms with Crippen molar-refractivity contribution in [2.45, 2.75) is 6.42 Å². The second-order valence-electron chi connectivity index (χ2n) is 4.37. The minimum atomic E-state index is -1.03. The van der Waals surface area contributed by atoms with Crippen molar-refractivity contribution in [2.75, 3.05) is 0 Å². The highest BCUT2D eigenvalue weighted by atomic mass is 35.5. The summed E-state index contributed by atoms with van der Waals surface area (Å²) in [4.78, 5) is 15.4. The molecule has 5 heteroatoms. The lowest BCUT2D eigenvalue weighted by atomic mass is 10.1. The molecule has 1 heterocycles. The number of rotatable bonds is 3. The zero-order valence-electron chi connectivity index (χ0n) is 10.3. The van der Waals surface area contributed by atoms with E-state index in [1.807, 2.05) is 18.2 Å². The number of halogens is 1. The molecule has 3 aromatic rings. The summed E-state index contributed by atoms with van der Waals surface area (Å²) in [5, 5.41) is 9.76. The first-order valence-electron chi connectivity index (χ1n) is 5.99. The van der Waals surface area contributed by atoms with Gasteiger partial charge in [-0.3, -0.25) is 0 Å². The van der Waals surface area contributed by atoms with E-state index < -0.39 is 5.97 Å². The molecule has 0 saturated carbocycles. The van der Waals surface area contributed by atoms with E-state index in [2.05, 4.69) is 4.98 Å². The van der Waals surface area contributed by atoms with Crippen LogP contribution in [0.2, 0.25) is 5.02 Å². The first-order valence-corrected chi connectivity index (χ1v) is 6.37. The van der Waals surface area contributed by atoms with Crippen molar-refractivity contribution in [3.05, 3.63) is 64.5 Å². The number of hydrogen-bond donors (Lipinski definition) is 1. The summed E-state index contributed by atoms with van der Waals surface area (Å²) in [6.45, 7) is 0. The zero-order chi connectivity index (χ0) is 14.1. The van der Waals surface area contributed by atoms with Gasteiger partial charge in [-0.05, 0) is 29.8 Å². The van der Waals surface area contributed by atoms with Gasteiger partial charge in [0, 0.05) is 11.4 Å². The molecule has 0 atom stereocenters. The molecule has 3 rings (SSSR count). The third-order valence-electron chi connectivity index (χ3n) is 2.93. The van der Waals surface area contributed by atoms with Crippen molar-refractivity contribution in [2.24, 2.45) is 0 Å². The Morgan fingerprint density at radius 1 is 1.25 bits per heavy atom. The average molecular weight is 288 g/mol. The minimum absolute atomic E-state index is 0.118. The molecule has 20 heavy (non-hydrogen) atoms. The van der Waals surface area contributed by atoms with Crippen LogP contribution in [0.25, 0.3) is 11.1 Å². The van der Waals surface area contributed by atoms with Crippen molar-refractivity contribution in [1.29, 1.82) is 0 Å². The van der Waals surface area contributed by atoms with Crippen LogP contribution >= 0.6 is 11.6 Å². The van der Waals surface area contributed by atoms with Crippen LogP contribution in [0, 0.1) is 0 Å². The number of carboxylic acids is 1. The van der Waals surface area contributed by atoms with Crippen molar-refractivity contribution in [3.8, 4) is 0 Å². The van der Waals surface area contributed by atoms with Gasteiger partial charge < -0.3 is 9.52 Å². The summed E-state index contributed by atoms with van der Waals surface area (Å²) in [5.41, 5.74) is 1.92. The largest absolute Gasteiger partial charge is 0.478 e. The molecule has 0 aliphatic heterocycles. The molecule has 0 aliphatic carbocycles. The van der Waals surface area contributed by atoms with Crippen LogP contribution in [0.5, 0.6) is 0 Å². The first-order chi connectivity index (χ1) is 9.63. The number of aromatic nitrogens is 1. The molecule has 2 aromatic carbocycles. The fourth-order valence-corrected chi connectivity index (χ4v) is 2.27. The smallest absolute Gasteiger partial charge is 0.339 e. The second kappa shape index (κ2) is 4.98. The Morgan fingerprint density at radius 3 is 2.80 bits per heavy atom. The third kappa shape index (κ3) is 2.38. The van der Waals surface area contributed by atoms with Gasteiger partial charge in [-0.25, -0.2) is 9.78 Å². The van der Waals surface area contributed by atoms with Crippen LogP contribution in [-0.4, -0.2) is 16.1 Å². The maximum Gasteiger partial charge on any atom is 0.339 e. The minimum Gasteiger partial charge on any atom is -0.478 e. The summed E-state index contributed by atoms with van der Waals surface area (Å²) in [7, 11) is 0. The molecule has 0 spiro atoms. The van der Waals surface area contributed by atoms with Gasteiger partial charge in [0.2, 0.25) is 0 Å².